The highest BCUT2D eigenvalue weighted by atomic mass is 16.3. The van der Waals surface area contributed by atoms with Gasteiger partial charge in [-0.15, -0.1) is 0 Å². The van der Waals surface area contributed by atoms with Gasteiger partial charge >= 0.3 is 0 Å². The Morgan fingerprint density at radius 1 is 1.29 bits per heavy atom. The van der Waals surface area contributed by atoms with Crippen LogP contribution in [0.3, 0.4) is 0 Å². The second-order valence-corrected chi connectivity index (χ2v) is 5.96. The molecule has 0 aliphatic heterocycles. The maximum atomic E-state index is 12.3. The van der Waals surface area contributed by atoms with Gasteiger partial charge in [0.25, 0.3) is 5.91 Å². The normalized spacial score (nSPS) is 11.4. The molecule has 124 valence electrons. The van der Waals surface area contributed by atoms with Crippen LogP contribution in [-0.4, -0.2) is 15.6 Å². The van der Waals surface area contributed by atoms with Gasteiger partial charge in [0.05, 0.1) is 0 Å². The molecule has 24 heavy (non-hydrogen) atoms. The fraction of sp³-hybridized carbons (Fsp3) is 0.263. The summed E-state index contributed by atoms with van der Waals surface area (Å²) in [4.78, 5) is 12.3. The minimum absolute atomic E-state index is 0.0343. The SMILES string of the molecule is Cc1cc(/C=C(/C#N)C(=O)Nc2ccc(O)cc2)c(C)n1C(C)C. The molecule has 0 aliphatic rings. The summed E-state index contributed by atoms with van der Waals surface area (Å²) in [5.41, 5.74) is 3.52. The smallest absolute Gasteiger partial charge is 0.266 e. The van der Waals surface area contributed by atoms with Crippen molar-refractivity contribution in [3.05, 3.63) is 52.9 Å². The molecular weight excluding hydrogens is 302 g/mol. The lowest BCUT2D eigenvalue weighted by molar-refractivity contribution is -0.112. The number of aromatic hydroxyl groups is 1. The lowest BCUT2D eigenvalue weighted by Crippen LogP contribution is -2.13. The Kier molecular flexibility index (Phi) is 5.10. The molecule has 5 heteroatoms. The number of anilines is 1. The zero-order valence-electron chi connectivity index (χ0n) is 14.3. The summed E-state index contributed by atoms with van der Waals surface area (Å²) in [5, 5.41) is 21.3. The average molecular weight is 323 g/mol. The van der Waals surface area contributed by atoms with Crippen molar-refractivity contribution in [3.8, 4) is 11.8 Å². The van der Waals surface area contributed by atoms with Crippen molar-refractivity contribution in [1.29, 1.82) is 5.26 Å². The number of phenols is 1. The molecule has 0 spiro atoms. The number of nitriles is 1. The number of carbonyl (C=O) groups is 1. The predicted octanol–water partition coefficient (Wildman–Crippen LogP) is 3.94. The van der Waals surface area contributed by atoms with Crippen LogP contribution in [0.4, 0.5) is 5.69 Å². The van der Waals surface area contributed by atoms with Crippen LogP contribution in [0.2, 0.25) is 0 Å². The monoisotopic (exact) mass is 323 g/mol. The number of aryl methyl sites for hydroxylation is 1. The van der Waals surface area contributed by atoms with Gasteiger partial charge in [0.2, 0.25) is 0 Å². The fourth-order valence-corrected chi connectivity index (χ4v) is 2.79. The van der Waals surface area contributed by atoms with Gasteiger partial charge < -0.3 is 15.0 Å². The summed E-state index contributed by atoms with van der Waals surface area (Å²) < 4.78 is 2.17. The van der Waals surface area contributed by atoms with E-state index in [-0.39, 0.29) is 11.3 Å². The molecule has 2 rings (SSSR count). The number of nitrogens with one attached hydrogen (secondary N) is 1. The third-order valence-electron chi connectivity index (χ3n) is 3.83. The Morgan fingerprint density at radius 2 is 1.92 bits per heavy atom. The van der Waals surface area contributed by atoms with Crippen molar-refractivity contribution in [2.45, 2.75) is 33.7 Å². The summed E-state index contributed by atoms with van der Waals surface area (Å²) in [6, 6.07) is 10.3. The highest BCUT2D eigenvalue weighted by Gasteiger charge is 2.14. The number of aromatic nitrogens is 1. The predicted molar refractivity (Wildman–Crippen MR) is 94.6 cm³/mol. The number of hydrogen-bond donors (Lipinski definition) is 2. The van der Waals surface area contributed by atoms with Crippen LogP contribution in [-0.2, 0) is 4.79 Å². The van der Waals surface area contributed by atoms with Crippen molar-refractivity contribution in [2.75, 3.05) is 5.32 Å². The van der Waals surface area contributed by atoms with Crippen LogP contribution in [0.5, 0.6) is 5.75 Å². The molecule has 0 saturated heterocycles. The van der Waals surface area contributed by atoms with Crippen molar-refractivity contribution >= 4 is 17.7 Å². The molecule has 1 heterocycles. The Labute approximate surface area is 141 Å². The van der Waals surface area contributed by atoms with E-state index in [4.69, 9.17) is 0 Å². The highest BCUT2D eigenvalue weighted by Crippen LogP contribution is 2.22. The molecule has 0 fully saturated rings. The van der Waals surface area contributed by atoms with Crippen LogP contribution in [0.25, 0.3) is 6.08 Å². The van der Waals surface area contributed by atoms with Crippen LogP contribution in [0.15, 0.2) is 35.9 Å². The average Bonchev–Trinajstić information content (AvgIpc) is 2.81. The minimum atomic E-state index is -0.475. The molecule has 1 amide bonds. The first-order valence-electron chi connectivity index (χ1n) is 7.74. The zero-order valence-corrected chi connectivity index (χ0v) is 14.3. The number of carbonyl (C=O) groups excluding carboxylic acids is 1. The van der Waals surface area contributed by atoms with E-state index < -0.39 is 5.91 Å². The molecule has 0 saturated carbocycles. The summed E-state index contributed by atoms with van der Waals surface area (Å²) >= 11 is 0. The van der Waals surface area contributed by atoms with Crippen molar-refractivity contribution in [3.63, 3.8) is 0 Å². The van der Waals surface area contributed by atoms with E-state index in [0.717, 1.165) is 17.0 Å². The fourth-order valence-electron chi connectivity index (χ4n) is 2.79. The van der Waals surface area contributed by atoms with Gasteiger partial charge in [0.15, 0.2) is 0 Å². The molecule has 0 bridgehead atoms. The van der Waals surface area contributed by atoms with Crippen molar-refractivity contribution in [1.82, 2.24) is 4.57 Å². The van der Waals surface area contributed by atoms with E-state index in [1.165, 1.54) is 12.1 Å². The quantitative estimate of drug-likeness (QED) is 0.508. The van der Waals surface area contributed by atoms with Crippen LogP contribution in [0.1, 0.15) is 36.8 Å². The Morgan fingerprint density at radius 3 is 2.42 bits per heavy atom. The van der Waals surface area contributed by atoms with E-state index in [1.54, 1.807) is 18.2 Å². The molecule has 0 aliphatic carbocycles. The Hall–Kier alpha value is -3.00. The second-order valence-electron chi connectivity index (χ2n) is 5.96. The highest BCUT2D eigenvalue weighted by molar-refractivity contribution is 6.09. The number of rotatable bonds is 4. The Bertz CT molecular complexity index is 822. The van der Waals surface area contributed by atoms with Gasteiger partial charge in [0, 0.05) is 23.1 Å². The largest absolute Gasteiger partial charge is 0.508 e. The van der Waals surface area contributed by atoms with Gasteiger partial charge in [-0.25, -0.2) is 0 Å². The minimum Gasteiger partial charge on any atom is -0.508 e. The maximum Gasteiger partial charge on any atom is 0.266 e. The maximum absolute atomic E-state index is 12.3. The molecule has 0 atom stereocenters. The Balaban J connectivity index is 2.29. The van der Waals surface area contributed by atoms with E-state index in [0.29, 0.717) is 11.7 Å². The molecule has 0 radical (unpaired) electrons. The van der Waals surface area contributed by atoms with E-state index >= 15 is 0 Å². The first-order chi connectivity index (χ1) is 11.3. The van der Waals surface area contributed by atoms with E-state index in [9.17, 15) is 15.2 Å². The number of phenolic OH excluding ortho intramolecular Hbond substituents is 1. The van der Waals surface area contributed by atoms with Crippen molar-refractivity contribution in [2.24, 2.45) is 0 Å². The molecule has 2 N–H and O–H groups in total. The third-order valence-corrected chi connectivity index (χ3v) is 3.83. The molecule has 0 unspecified atom stereocenters. The third kappa shape index (κ3) is 3.66. The zero-order chi connectivity index (χ0) is 17.9. The molecule has 1 aromatic carbocycles. The first-order valence-corrected chi connectivity index (χ1v) is 7.74. The lowest BCUT2D eigenvalue weighted by atomic mass is 10.1. The topological polar surface area (TPSA) is 78.1 Å². The molecule has 1 aromatic heterocycles. The van der Waals surface area contributed by atoms with Gasteiger partial charge in [0.1, 0.15) is 17.4 Å². The van der Waals surface area contributed by atoms with E-state index in [1.807, 2.05) is 26.0 Å². The van der Waals surface area contributed by atoms with Gasteiger partial charge in [-0.05, 0) is 69.7 Å². The summed E-state index contributed by atoms with van der Waals surface area (Å²) in [5.74, 6) is -0.359. The van der Waals surface area contributed by atoms with Gasteiger partial charge in [-0.3, -0.25) is 4.79 Å². The van der Waals surface area contributed by atoms with Gasteiger partial charge in [-0.2, -0.15) is 5.26 Å². The number of hydrogen-bond acceptors (Lipinski definition) is 3. The standard InChI is InChI=1S/C19H21N3O2/c1-12(2)22-13(3)9-15(14(22)4)10-16(11-20)19(24)21-17-5-7-18(23)8-6-17/h5-10,12,23H,1-4H3,(H,21,24)/b16-10-. The summed E-state index contributed by atoms with van der Waals surface area (Å²) in [7, 11) is 0. The molecule has 2 aromatic rings. The van der Waals surface area contributed by atoms with E-state index in [2.05, 4.69) is 23.7 Å². The first kappa shape index (κ1) is 17.4. The van der Waals surface area contributed by atoms with Crippen LogP contribution >= 0.6 is 0 Å². The number of nitrogens with zero attached hydrogens (tertiary/aromatic N) is 2. The lowest BCUT2D eigenvalue weighted by Gasteiger charge is -2.13. The second kappa shape index (κ2) is 7.05. The van der Waals surface area contributed by atoms with Crippen LogP contribution in [0, 0.1) is 25.2 Å². The van der Waals surface area contributed by atoms with Gasteiger partial charge in [-0.1, -0.05) is 0 Å². The number of amides is 1. The van der Waals surface area contributed by atoms with Crippen LogP contribution < -0.4 is 5.32 Å². The summed E-state index contributed by atoms with van der Waals surface area (Å²) in [6.07, 6.45) is 1.61. The number of benzene rings is 1. The summed E-state index contributed by atoms with van der Waals surface area (Å²) in [6.45, 7) is 8.17. The molecule has 5 nitrogen and oxygen atoms in total. The molecular formula is C19H21N3O2. The van der Waals surface area contributed by atoms with Crippen molar-refractivity contribution < 1.29 is 9.90 Å².